The molecule has 1 aliphatic rings. The summed E-state index contributed by atoms with van der Waals surface area (Å²) in [6.45, 7) is 2.54. The second kappa shape index (κ2) is 7.33. The highest BCUT2D eigenvalue weighted by Gasteiger charge is 2.34. The molecule has 27 heavy (non-hydrogen) atoms. The van der Waals surface area contributed by atoms with Crippen molar-refractivity contribution in [3.05, 3.63) is 88.9 Å². The van der Waals surface area contributed by atoms with Gasteiger partial charge in [-0.2, -0.15) is 0 Å². The Hall–Kier alpha value is -2.98. The van der Waals surface area contributed by atoms with Crippen LogP contribution in [0.2, 0.25) is 5.02 Å². The minimum atomic E-state index is -0.404. The molecule has 3 aromatic rings. The molecule has 0 radical (unpaired) electrons. The number of rotatable bonds is 4. The summed E-state index contributed by atoms with van der Waals surface area (Å²) in [6.07, 6.45) is -0.404. The van der Waals surface area contributed by atoms with E-state index in [2.05, 4.69) is 5.32 Å². The van der Waals surface area contributed by atoms with Crippen LogP contribution in [-0.4, -0.2) is 12.5 Å². The predicted octanol–water partition coefficient (Wildman–Crippen LogP) is 5.51. The summed E-state index contributed by atoms with van der Waals surface area (Å²) in [5, 5.41) is 4.07. The third-order valence-electron chi connectivity index (χ3n) is 4.55. The van der Waals surface area contributed by atoms with Crippen LogP contribution in [0.15, 0.2) is 72.8 Å². The van der Waals surface area contributed by atoms with Gasteiger partial charge in [0.15, 0.2) is 0 Å². The van der Waals surface area contributed by atoms with Crippen molar-refractivity contribution in [2.24, 2.45) is 0 Å². The van der Waals surface area contributed by atoms with Gasteiger partial charge in [0.2, 0.25) is 0 Å². The molecule has 1 heterocycles. The van der Waals surface area contributed by atoms with E-state index in [1.165, 1.54) is 0 Å². The van der Waals surface area contributed by atoms with Gasteiger partial charge in [-0.05, 0) is 49.4 Å². The van der Waals surface area contributed by atoms with E-state index >= 15 is 0 Å². The first-order valence-corrected chi connectivity index (χ1v) is 9.23. The highest BCUT2D eigenvalue weighted by Crippen LogP contribution is 2.39. The van der Waals surface area contributed by atoms with Gasteiger partial charge in [-0.3, -0.25) is 9.69 Å². The van der Waals surface area contributed by atoms with Crippen molar-refractivity contribution < 1.29 is 9.53 Å². The van der Waals surface area contributed by atoms with Crippen LogP contribution >= 0.6 is 11.6 Å². The van der Waals surface area contributed by atoms with Gasteiger partial charge in [0.1, 0.15) is 11.9 Å². The fourth-order valence-corrected chi connectivity index (χ4v) is 3.54. The summed E-state index contributed by atoms with van der Waals surface area (Å²) < 4.78 is 5.52. The van der Waals surface area contributed by atoms with Crippen LogP contribution in [0.1, 0.15) is 29.0 Å². The number of fused-ring (bicyclic) bond motifs is 1. The molecule has 4 rings (SSSR count). The fraction of sp³-hybridized carbons (Fsp3) is 0.136. The fourth-order valence-electron chi connectivity index (χ4n) is 3.30. The zero-order valence-electron chi connectivity index (χ0n) is 14.9. The molecule has 0 saturated carbocycles. The number of hydrogen-bond donors (Lipinski definition) is 1. The van der Waals surface area contributed by atoms with E-state index in [1.807, 2.05) is 79.7 Å². The van der Waals surface area contributed by atoms with Gasteiger partial charge in [0, 0.05) is 22.0 Å². The number of amides is 1. The molecule has 0 spiro atoms. The van der Waals surface area contributed by atoms with E-state index in [4.69, 9.17) is 16.3 Å². The molecule has 5 heteroatoms. The average molecular weight is 379 g/mol. The Morgan fingerprint density at radius 3 is 2.44 bits per heavy atom. The minimum Gasteiger partial charge on any atom is -0.494 e. The average Bonchev–Trinajstić information content (AvgIpc) is 2.69. The van der Waals surface area contributed by atoms with Crippen molar-refractivity contribution in [1.29, 1.82) is 0 Å². The molecule has 1 aliphatic heterocycles. The maximum Gasteiger partial charge on any atom is 0.262 e. The van der Waals surface area contributed by atoms with Crippen LogP contribution in [0.4, 0.5) is 11.4 Å². The standard InChI is InChI=1S/C22H19ClN2O2/c1-2-27-16-13-11-15(12-14-16)25-21(17-7-3-5-9-19(17)23)24-20-10-6-4-8-18(20)22(25)26/h3-14,21,24H,2H2,1H3/t21-/m0/s1. The van der Waals surface area contributed by atoms with Gasteiger partial charge in [-0.15, -0.1) is 0 Å². The van der Waals surface area contributed by atoms with Crippen molar-refractivity contribution in [1.82, 2.24) is 0 Å². The van der Waals surface area contributed by atoms with Gasteiger partial charge in [-0.1, -0.05) is 41.9 Å². The van der Waals surface area contributed by atoms with Crippen molar-refractivity contribution in [3.8, 4) is 5.75 Å². The van der Waals surface area contributed by atoms with Gasteiger partial charge in [0.25, 0.3) is 5.91 Å². The number of para-hydroxylation sites is 1. The number of carbonyl (C=O) groups excluding carboxylic acids is 1. The molecular weight excluding hydrogens is 360 g/mol. The summed E-state index contributed by atoms with van der Waals surface area (Å²) in [5.74, 6) is 0.701. The first-order chi connectivity index (χ1) is 13.2. The Kier molecular flexibility index (Phi) is 4.73. The number of anilines is 2. The quantitative estimate of drug-likeness (QED) is 0.650. The Morgan fingerprint density at radius 2 is 1.70 bits per heavy atom. The van der Waals surface area contributed by atoms with Crippen molar-refractivity contribution >= 4 is 28.9 Å². The lowest BCUT2D eigenvalue weighted by atomic mass is 10.0. The van der Waals surface area contributed by atoms with Gasteiger partial charge in [0.05, 0.1) is 12.2 Å². The van der Waals surface area contributed by atoms with Crippen LogP contribution < -0.4 is 15.0 Å². The molecule has 136 valence electrons. The first-order valence-electron chi connectivity index (χ1n) is 8.85. The van der Waals surface area contributed by atoms with Gasteiger partial charge < -0.3 is 10.1 Å². The monoisotopic (exact) mass is 378 g/mol. The Labute approximate surface area is 163 Å². The Balaban J connectivity index is 1.82. The molecule has 0 fully saturated rings. The molecule has 1 atom stereocenters. The van der Waals surface area contributed by atoms with Gasteiger partial charge >= 0.3 is 0 Å². The second-order valence-corrected chi connectivity index (χ2v) is 6.62. The molecule has 1 amide bonds. The van der Waals surface area contributed by atoms with E-state index in [0.717, 1.165) is 22.7 Å². The molecule has 3 aromatic carbocycles. The predicted molar refractivity (Wildman–Crippen MR) is 109 cm³/mol. The number of ether oxygens (including phenoxy) is 1. The normalized spacial score (nSPS) is 15.9. The van der Waals surface area contributed by atoms with E-state index in [0.29, 0.717) is 17.2 Å². The molecule has 4 nitrogen and oxygen atoms in total. The number of nitrogens with zero attached hydrogens (tertiary/aromatic N) is 1. The second-order valence-electron chi connectivity index (χ2n) is 6.22. The van der Waals surface area contributed by atoms with E-state index in [-0.39, 0.29) is 5.91 Å². The number of nitrogens with one attached hydrogen (secondary N) is 1. The molecule has 0 unspecified atom stereocenters. The van der Waals surface area contributed by atoms with Crippen LogP contribution in [0.5, 0.6) is 5.75 Å². The molecule has 1 N–H and O–H groups in total. The van der Waals surface area contributed by atoms with E-state index < -0.39 is 6.17 Å². The summed E-state index contributed by atoms with van der Waals surface area (Å²) in [4.78, 5) is 15.1. The highest BCUT2D eigenvalue weighted by molar-refractivity contribution is 6.31. The van der Waals surface area contributed by atoms with Crippen molar-refractivity contribution in [2.45, 2.75) is 13.1 Å². The van der Waals surface area contributed by atoms with E-state index in [1.54, 1.807) is 4.90 Å². The third-order valence-corrected chi connectivity index (χ3v) is 4.90. The maximum atomic E-state index is 13.3. The van der Waals surface area contributed by atoms with Crippen LogP contribution in [0.3, 0.4) is 0 Å². The first kappa shape index (κ1) is 17.4. The number of benzene rings is 3. The zero-order chi connectivity index (χ0) is 18.8. The largest absolute Gasteiger partial charge is 0.494 e. The van der Waals surface area contributed by atoms with Gasteiger partial charge in [-0.25, -0.2) is 0 Å². The molecule has 0 bridgehead atoms. The molecule has 0 saturated heterocycles. The number of halogens is 1. The van der Waals surface area contributed by atoms with Crippen molar-refractivity contribution in [3.63, 3.8) is 0 Å². The maximum absolute atomic E-state index is 13.3. The van der Waals surface area contributed by atoms with Crippen LogP contribution in [0, 0.1) is 0 Å². The Morgan fingerprint density at radius 1 is 1.00 bits per heavy atom. The summed E-state index contributed by atoms with van der Waals surface area (Å²) >= 11 is 6.45. The minimum absolute atomic E-state index is 0.0709. The van der Waals surface area contributed by atoms with Crippen LogP contribution in [-0.2, 0) is 0 Å². The smallest absolute Gasteiger partial charge is 0.262 e. The number of hydrogen-bond acceptors (Lipinski definition) is 3. The summed E-state index contributed by atoms with van der Waals surface area (Å²) in [5.41, 5.74) is 3.05. The summed E-state index contributed by atoms with van der Waals surface area (Å²) in [7, 11) is 0. The SMILES string of the molecule is CCOc1ccc(N2C(=O)c3ccccc3N[C@@H]2c2ccccc2Cl)cc1. The lowest BCUT2D eigenvalue weighted by molar-refractivity contribution is 0.0975. The zero-order valence-corrected chi connectivity index (χ0v) is 15.6. The Bertz CT molecular complexity index is 972. The summed E-state index contributed by atoms with van der Waals surface area (Å²) in [6, 6.07) is 22.6. The topological polar surface area (TPSA) is 41.6 Å². The van der Waals surface area contributed by atoms with Crippen LogP contribution in [0.25, 0.3) is 0 Å². The molecule has 0 aromatic heterocycles. The lowest BCUT2D eigenvalue weighted by Crippen LogP contribution is -2.43. The molecule has 0 aliphatic carbocycles. The van der Waals surface area contributed by atoms with E-state index in [9.17, 15) is 4.79 Å². The van der Waals surface area contributed by atoms with Crippen molar-refractivity contribution in [2.75, 3.05) is 16.8 Å². The molecular formula is C22H19ClN2O2. The lowest BCUT2D eigenvalue weighted by Gasteiger charge is -2.38. The third kappa shape index (κ3) is 3.24. The highest BCUT2D eigenvalue weighted by atomic mass is 35.5. The number of carbonyl (C=O) groups is 1.